The Morgan fingerprint density at radius 3 is 2.84 bits per heavy atom. The number of likely N-dealkylation sites (tertiary alicyclic amines) is 1. The molecule has 3 N–H and O–H groups in total. The number of halogens is 1. The summed E-state index contributed by atoms with van der Waals surface area (Å²) in [5, 5.41) is 3.44. The van der Waals surface area contributed by atoms with E-state index < -0.39 is 0 Å². The highest BCUT2D eigenvalue weighted by Crippen LogP contribution is 2.34. The quantitative estimate of drug-likeness (QED) is 0.661. The molecule has 7 nitrogen and oxygen atoms in total. The number of hydrogen-bond donors (Lipinski definition) is 2. The lowest BCUT2D eigenvalue weighted by molar-refractivity contribution is 0.267. The lowest BCUT2D eigenvalue weighted by atomic mass is 10.1. The Labute approximate surface area is 180 Å². The number of piperidine rings is 1. The average Bonchev–Trinajstić information content (AvgIpc) is 3.36. The monoisotopic (exact) mass is 417 g/mol. The van der Waals surface area contributed by atoms with Gasteiger partial charge in [-0.15, -0.1) is 0 Å². The third-order valence-corrected chi connectivity index (χ3v) is 5.72. The van der Waals surface area contributed by atoms with E-state index in [0.29, 0.717) is 11.8 Å². The summed E-state index contributed by atoms with van der Waals surface area (Å²) < 4.78 is 15.5. The Bertz CT molecular complexity index is 1150. The topological polar surface area (TPSA) is 84.9 Å². The summed E-state index contributed by atoms with van der Waals surface area (Å²) in [5.41, 5.74) is 9.15. The lowest BCUT2D eigenvalue weighted by Gasteiger charge is -2.34. The first kappa shape index (κ1) is 19.3. The molecule has 1 fully saturated rings. The van der Waals surface area contributed by atoms with Crippen molar-refractivity contribution >= 4 is 12.1 Å². The van der Waals surface area contributed by atoms with Gasteiger partial charge in [0.1, 0.15) is 11.6 Å². The molecule has 2 aromatic heterocycles. The van der Waals surface area contributed by atoms with Crippen molar-refractivity contribution in [1.82, 2.24) is 24.4 Å². The van der Waals surface area contributed by atoms with E-state index in [4.69, 9.17) is 15.7 Å². The van der Waals surface area contributed by atoms with Crippen molar-refractivity contribution in [3.63, 3.8) is 0 Å². The van der Waals surface area contributed by atoms with Gasteiger partial charge in [0.15, 0.2) is 0 Å². The van der Waals surface area contributed by atoms with Crippen molar-refractivity contribution in [3.05, 3.63) is 66.6 Å². The highest BCUT2D eigenvalue weighted by Gasteiger charge is 2.24. The normalized spacial score (nSPS) is 17.6. The minimum Gasteiger partial charge on any atom is -0.386 e. The van der Waals surface area contributed by atoms with Crippen LogP contribution in [-0.2, 0) is 6.42 Å². The van der Waals surface area contributed by atoms with Crippen LogP contribution in [0.4, 0.5) is 10.3 Å². The lowest BCUT2D eigenvalue weighted by Crippen LogP contribution is -2.43. The van der Waals surface area contributed by atoms with E-state index in [1.165, 1.54) is 12.1 Å². The van der Waals surface area contributed by atoms with Crippen LogP contribution in [0.1, 0.15) is 18.7 Å². The van der Waals surface area contributed by atoms with Crippen molar-refractivity contribution in [1.29, 1.82) is 0 Å². The molecule has 0 spiro atoms. The Hall–Kier alpha value is -3.68. The summed E-state index contributed by atoms with van der Waals surface area (Å²) in [6.07, 6.45) is 8.63. The van der Waals surface area contributed by atoms with Gasteiger partial charge < -0.3 is 20.5 Å². The maximum absolute atomic E-state index is 13.5. The molecule has 2 aliphatic heterocycles. The third-order valence-electron chi connectivity index (χ3n) is 5.72. The molecule has 158 valence electrons. The van der Waals surface area contributed by atoms with Gasteiger partial charge in [-0.3, -0.25) is 0 Å². The predicted molar refractivity (Wildman–Crippen MR) is 119 cm³/mol. The molecule has 1 atom stereocenters. The van der Waals surface area contributed by atoms with Crippen LogP contribution in [0.15, 0.2) is 55.0 Å². The van der Waals surface area contributed by atoms with E-state index in [9.17, 15) is 4.39 Å². The van der Waals surface area contributed by atoms with Crippen molar-refractivity contribution in [2.45, 2.75) is 25.3 Å². The van der Waals surface area contributed by atoms with E-state index in [-0.39, 0.29) is 11.9 Å². The van der Waals surface area contributed by atoms with Gasteiger partial charge in [0.05, 0.1) is 22.9 Å². The van der Waals surface area contributed by atoms with E-state index in [0.717, 1.165) is 60.8 Å². The zero-order chi connectivity index (χ0) is 21.4. The van der Waals surface area contributed by atoms with Crippen molar-refractivity contribution in [3.8, 4) is 22.6 Å². The number of imidazole rings is 1. The van der Waals surface area contributed by atoms with Gasteiger partial charge >= 0.3 is 0 Å². The van der Waals surface area contributed by atoms with E-state index in [2.05, 4.69) is 27.9 Å². The first-order valence-electron chi connectivity index (χ1n) is 10.4. The van der Waals surface area contributed by atoms with Gasteiger partial charge in [-0.25, -0.2) is 19.3 Å². The van der Waals surface area contributed by atoms with E-state index in [1.54, 1.807) is 18.3 Å². The minimum atomic E-state index is -0.271. The summed E-state index contributed by atoms with van der Waals surface area (Å²) in [5.74, 6) is 1.82. The van der Waals surface area contributed by atoms with Crippen LogP contribution in [0, 0.1) is 5.82 Å². The number of benzene rings is 1. The molecule has 0 amide bonds. The Balaban J connectivity index is 1.48. The molecular formula is C23H24FN7. The van der Waals surface area contributed by atoms with E-state index >= 15 is 0 Å². The second-order valence-electron chi connectivity index (χ2n) is 7.88. The highest BCUT2D eigenvalue weighted by atomic mass is 19.1. The fourth-order valence-corrected chi connectivity index (χ4v) is 4.20. The Morgan fingerprint density at radius 1 is 1.19 bits per heavy atom. The van der Waals surface area contributed by atoms with Gasteiger partial charge in [-0.05, 0) is 43.2 Å². The zero-order valence-electron chi connectivity index (χ0n) is 17.1. The summed E-state index contributed by atoms with van der Waals surface area (Å²) in [4.78, 5) is 16.1. The molecule has 5 rings (SSSR count). The summed E-state index contributed by atoms with van der Waals surface area (Å²) in [6.45, 7) is 5.54. The summed E-state index contributed by atoms with van der Waals surface area (Å²) >= 11 is 0. The number of nitrogens with zero attached hydrogens (tertiary/aromatic N) is 5. The van der Waals surface area contributed by atoms with Gasteiger partial charge in [-0.2, -0.15) is 0 Å². The van der Waals surface area contributed by atoms with Crippen LogP contribution in [0.5, 0.6) is 0 Å². The second-order valence-corrected chi connectivity index (χ2v) is 7.88. The molecule has 0 aliphatic carbocycles. The van der Waals surface area contributed by atoms with Gasteiger partial charge in [-0.1, -0.05) is 12.7 Å². The van der Waals surface area contributed by atoms with Gasteiger partial charge in [0.25, 0.3) is 0 Å². The van der Waals surface area contributed by atoms with Crippen molar-refractivity contribution < 1.29 is 4.39 Å². The van der Waals surface area contributed by atoms with Crippen LogP contribution < -0.4 is 11.1 Å². The second kappa shape index (κ2) is 7.86. The smallest absolute Gasteiger partial charge is 0.223 e. The number of hydrogen-bond acceptors (Lipinski definition) is 6. The molecule has 8 heteroatoms. The number of fused-ring (bicyclic) bond motifs is 1. The molecule has 0 bridgehead atoms. The number of nitrogens with one attached hydrogen (secondary N) is 1. The van der Waals surface area contributed by atoms with Crippen LogP contribution in [0.25, 0.3) is 28.8 Å². The first-order chi connectivity index (χ1) is 15.1. The molecule has 31 heavy (non-hydrogen) atoms. The zero-order valence-corrected chi connectivity index (χ0v) is 17.1. The Kier molecular flexibility index (Phi) is 4.89. The van der Waals surface area contributed by atoms with Gasteiger partial charge in [0.2, 0.25) is 5.95 Å². The summed E-state index contributed by atoms with van der Waals surface area (Å²) in [7, 11) is 0. The van der Waals surface area contributed by atoms with Crippen LogP contribution in [-0.4, -0.2) is 43.6 Å². The molecule has 1 saturated heterocycles. The highest BCUT2D eigenvalue weighted by molar-refractivity contribution is 5.79. The molecular weight excluding hydrogens is 393 g/mol. The molecule has 2 aliphatic rings. The molecule has 1 unspecified atom stereocenters. The van der Waals surface area contributed by atoms with Crippen molar-refractivity contribution in [2.24, 2.45) is 5.73 Å². The number of aromatic nitrogens is 4. The average molecular weight is 417 g/mol. The maximum atomic E-state index is 13.5. The number of rotatable bonds is 5. The van der Waals surface area contributed by atoms with Crippen molar-refractivity contribution in [2.75, 3.05) is 18.4 Å². The molecule has 3 aromatic rings. The molecule has 0 radical (unpaired) electrons. The minimum absolute atomic E-state index is 0.192. The fourth-order valence-electron chi connectivity index (χ4n) is 4.20. The third kappa shape index (κ3) is 3.76. The van der Waals surface area contributed by atoms with Crippen LogP contribution in [0.2, 0.25) is 0 Å². The number of nitrogens with two attached hydrogens (primary N) is 1. The maximum Gasteiger partial charge on any atom is 0.223 e. The number of anilines is 1. The Morgan fingerprint density at radius 2 is 2.03 bits per heavy atom. The molecule has 4 heterocycles. The van der Waals surface area contributed by atoms with Crippen LogP contribution >= 0.6 is 0 Å². The standard InChI is InChI=1S/C23H24FN7/c1-15(25)30-12-2-4-18(14-30)27-23-26-11-10-19(28-23)22-21(16-6-8-17(24)9-7-16)29-20-5-3-13-31(20)22/h3,6-11,13,18H,1-2,4-5,12,14,25H2,(H,26,27,28). The molecule has 0 saturated carbocycles. The summed E-state index contributed by atoms with van der Waals surface area (Å²) in [6, 6.07) is 8.47. The SMILES string of the molecule is C=C(N)N1CCCC(Nc2nccc(-c3c(-c4ccc(F)cc4)nc4n3C=CC4)n2)C1. The predicted octanol–water partition coefficient (Wildman–Crippen LogP) is 3.48. The fraction of sp³-hybridized carbons (Fsp3) is 0.261. The largest absolute Gasteiger partial charge is 0.386 e. The van der Waals surface area contributed by atoms with E-state index in [1.807, 2.05) is 16.8 Å². The number of allylic oxidation sites excluding steroid dienone is 1. The first-order valence-corrected chi connectivity index (χ1v) is 10.4. The van der Waals surface area contributed by atoms with Gasteiger partial charge in [0, 0.05) is 43.5 Å². The molecule has 1 aromatic carbocycles. The van der Waals surface area contributed by atoms with Crippen LogP contribution in [0.3, 0.4) is 0 Å².